The molecule has 0 saturated heterocycles. The maximum Gasteiger partial charge on any atom is 0.144 e. The minimum atomic E-state index is -0.531. The van der Waals surface area contributed by atoms with Crippen molar-refractivity contribution in [1.29, 1.82) is 0 Å². The van der Waals surface area contributed by atoms with Crippen molar-refractivity contribution >= 4 is 27.3 Å². The van der Waals surface area contributed by atoms with E-state index < -0.39 is 11.6 Å². The molecule has 1 nitrogen and oxygen atoms in total. The standard InChI is InChI=1S/C15H16BrF2NS/c1-9(7-11-4-3-10(2)20-11)19-8-12-14(17)6-5-13(16)15(12)18/h3-6,9,19H,7-8H2,1-2H3. The van der Waals surface area contributed by atoms with Crippen LogP contribution in [0.4, 0.5) is 8.78 Å². The van der Waals surface area contributed by atoms with E-state index in [0.29, 0.717) is 0 Å². The fourth-order valence-electron chi connectivity index (χ4n) is 1.98. The Morgan fingerprint density at radius 2 is 2.00 bits per heavy atom. The van der Waals surface area contributed by atoms with Crippen LogP contribution in [0.2, 0.25) is 0 Å². The van der Waals surface area contributed by atoms with Crippen LogP contribution < -0.4 is 5.32 Å². The van der Waals surface area contributed by atoms with Crippen LogP contribution in [0.5, 0.6) is 0 Å². The van der Waals surface area contributed by atoms with Crippen LogP contribution in [-0.2, 0) is 13.0 Å². The van der Waals surface area contributed by atoms with Gasteiger partial charge in [-0.1, -0.05) is 0 Å². The highest BCUT2D eigenvalue weighted by Gasteiger charge is 2.13. The summed E-state index contributed by atoms with van der Waals surface area (Å²) in [4.78, 5) is 2.55. The molecule has 0 bridgehead atoms. The van der Waals surface area contributed by atoms with E-state index in [1.54, 1.807) is 11.3 Å². The van der Waals surface area contributed by atoms with Crippen molar-refractivity contribution in [2.75, 3.05) is 0 Å². The third-order valence-corrected chi connectivity index (χ3v) is 4.71. The molecule has 20 heavy (non-hydrogen) atoms. The first-order valence-corrected chi connectivity index (χ1v) is 7.99. The van der Waals surface area contributed by atoms with Gasteiger partial charge >= 0.3 is 0 Å². The van der Waals surface area contributed by atoms with Crippen molar-refractivity contribution in [3.05, 3.63) is 55.7 Å². The quantitative estimate of drug-likeness (QED) is 0.754. The summed E-state index contributed by atoms with van der Waals surface area (Å²) in [6, 6.07) is 6.99. The molecule has 0 fully saturated rings. The molecule has 2 aromatic rings. The number of hydrogen-bond acceptors (Lipinski definition) is 2. The molecule has 1 aromatic carbocycles. The van der Waals surface area contributed by atoms with Crippen molar-refractivity contribution < 1.29 is 8.78 Å². The van der Waals surface area contributed by atoms with Crippen LogP contribution in [0, 0.1) is 18.6 Å². The Labute approximate surface area is 130 Å². The molecular weight excluding hydrogens is 344 g/mol. The number of nitrogens with one attached hydrogen (secondary N) is 1. The highest BCUT2D eigenvalue weighted by Crippen LogP contribution is 2.22. The molecule has 1 atom stereocenters. The topological polar surface area (TPSA) is 12.0 Å². The van der Waals surface area contributed by atoms with Gasteiger partial charge in [-0.15, -0.1) is 11.3 Å². The monoisotopic (exact) mass is 359 g/mol. The molecule has 0 aliphatic rings. The number of aryl methyl sites for hydroxylation is 1. The second-order valence-corrected chi connectivity index (χ2v) is 7.05. The van der Waals surface area contributed by atoms with Gasteiger partial charge in [0.1, 0.15) is 11.6 Å². The molecule has 0 spiro atoms. The average molecular weight is 360 g/mol. The summed E-state index contributed by atoms with van der Waals surface area (Å²) in [6.45, 7) is 4.27. The fraction of sp³-hybridized carbons (Fsp3) is 0.333. The lowest BCUT2D eigenvalue weighted by Crippen LogP contribution is -2.28. The van der Waals surface area contributed by atoms with Crippen molar-refractivity contribution in [2.45, 2.75) is 32.9 Å². The molecule has 0 amide bonds. The highest BCUT2D eigenvalue weighted by molar-refractivity contribution is 9.10. The minimum absolute atomic E-state index is 0.0774. The Bertz CT molecular complexity index is 598. The van der Waals surface area contributed by atoms with Gasteiger partial charge in [0, 0.05) is 27.9 Å². The van der Waals surface area contributed by atoms with Gasteiger partial charge in [0.15, 0.2) is 0 Å². The summed E-state index contributed by atoms with van der Waals surface area (Å²) in [5, 5.41) is 3.17. The second kappa shape index (κ2) is 6.78. The van der Waals surface area contributed by atoms with Crippen LogP contribution in [0.3, 0.4) is 0 Å². The van der Waals surface area contributed by atoms with Crippen molar-refractivity contribution in [3.8, 4) is 0 Å². The molecule has 0 aliphatic carbocycles. The van der Waals surface area contributed by atoms with Gasteiger partial charge in [-0.3, -0.25) is 0 Å². The van der Waals surface area contributed by atoms with E-state index in [2.05, 4.69) is 40.3 Å². The lowest BCUT2D eigenvalue weighted by atomic mass is 10.1. The van der Waals surface area contributed by atoms with E-state index in [9.17, 15) is 8.78 Å². The number of halogens is 3. The Hall–Kier alpha value is -0.780. The zero-order valence-electron chi connectivity index (χ0n) is 11.3. The Morgan fingerprint density at radius 3 is 2.65 bits per heavy atom. The van der Waals surface area contributed by atoms with Crippen molar-refractivity contribution in [1.82, 2.24) is 5.32 Å². The molecule has 1 heterocycles. The number of hydrogen-bond donors (Lipinski definition) is 1. The molecule has 1 N–H and O–H groups in total. The van der Waals surface area contributed by atoms with Gasteiger partial charge in [0.05, 0.1) is 4.47 Å². The first-order chi connectivity index (χ1) is 9.47. The lowest BCUT2D eigenvalue weighted by Gasteiger charge is -2.14. The normalized spacial score (nSPS) is 12.7. The van der Waals surface area contributed by atoms with Gasteiger partial charge < -0.3 is 5.32 Å². The summed E-state index contributed by atoms with van der Waals surface area (Å²) in [6.07, 6.45) is 0.857. The molecule has 5 heteroatoms. The maximum atomic E-state index is 13.8. The number of thiophene rings is 1. The predicted molar refractivity (Wildman–Crippen MR) is 83.1 cm³/mol. The Balaban J connectivity index is 1.97. The Kier molecular flexibility index (Phi) is 5.29. The predicted octanol–water partition coefficient (Wildman–Crippen LogP) is 4.82. The van der Waals surface area contributed by atoms with E-state index in [4.69, 9.17) is 0 Å². The first-order valence-electron chi connectivity index (χ1n) is 6.38. The first kappa shape index (κ1) is 15.6. The molecule has 0 aliphatic heterocycles. The van der Waals surface area contributed by atoms with E-state index in [-0.39, 0.29) is 22.6 Å². The summed E-state index contributed by atoms with van der Waals surface area (Å²) in [5.41, 5.74) is 0.0774. The van der Waals surface area contributed by atoms with Crippen molar-refractivity contribution in [2.24, 2.45) is 0 Å². The molecule has 1 aromatic heterocycles. The molecule has 1 unspecified atom stereocenters. The van der Waals surface area contributed by atoms with Gasteiger partial charge in [0.25, 0.3) is 0 Å². The smallest absolute Gasteiger partial charge is 0.144 e. The molecule has 0 radical (unpaired) electrons. The van der Waals surface area contributed by atoms with Crippen LogP contribution in [0.25, 0.3) is 0 Å². The van der Waals surface area contributed by atoms with E-state index in [0.717, 1.165) is 6.42 Å². The largest absolute Gasteiger partial charge is 0.310 e. The lowest BCUT2D eigenvalue weighted by molar-refractivity contribution is 0.497. The molecule has 0 saturated carbocycles. The third-order valence-electron chi connectivity index (χ3n) is 3.07. The Morgan fingerprint density at radius 1 is 1.25 bits per heavy atom. The molecule has 2 rings (SSSR count). The van der Waals surface area contributed by atoms with Gasteiger partial charge in [-0.05, 0) is 60.5 Å². The van der Waals surface area contributed by atoms with Crippen LogP contribution in [0.15, 0.2) is 28.7 Å². The van der Waals surface area contributed by atoms with Gasteiger partial charge in [0.2, 0.25) is 0 Å². The highest BCUT2D eigenvalue weighted by atomic mass is 79.9. The number of rotatable bonds is 5. The van der Waals surface area contributed by atoms with Crippen molar-refractivity contribution in [3.63, 3.8) is 0 Å². The van der Waals surface area contributed by atoms with E-state index >= 15 is 0 Å². The summed E-state index contributed by atoms with van der Waals surface area (Å²) in [5.74, 6) is -1.05. The maximum absolute atomic E-state index is 13.8. The minimum Gasteiger partial charge on any atom is -0.310 e. The summed E-state index contributed by atoms with van der Waals surface area (Å²) < 4.78 is 27.7. The fourth-order valence-corrected chi connectivity index (χ4v) is 3.37. The van der Waals surface area contributed by atoms with Crippen LogP contribution in [-0.4, -0.2) is 6.04 Å². The molecular formula is C15H16BrF2NS. The summed E-state index contributed by atoms with van der Waals surface area (Å²) in [7, 11) is 0. The molecule has 108 valence electrons. The van der Waals surface area contributed by atoms with E-state index in [1.165, 1.54) is 21.9 Å². The average Bonchev–Trinajstić information content (AvgIpc) is 2.79. The SMILES string of the molecule is Cc1ccc(CC(C)NCc2c(F)ccc(Br)c2F)s1. The van der Waals surface area contributed by atoms with Gasteiger partial charge in [-0.25, -0.2) is 8.78 Å². The summed E-state index contributed by atoms with van der Waals surface area (Å²) >= 11 is 4.83. The van der Waals surface area contributed by atoms with Gasteiger partial charge in [-0.2, -0.15) is 0 Å². The van der Waals surface area contributed by atoms with Crippen LogP contribution in [0.1, 0.15) is 22.2 Å². The third kappa shape index (κ3) is 3.87. The zero-order valence-corrected chi connectivity index (χ0v) is 13.7. The number of benzene rings is 1. The zero-order chi connectivity index (χ0) is 14.7. The van der Waals surface area contributed by atoms with E-state index in [1.807, 2.05) is 6.92 Å². The van der Waals surface area contributed by atoms with Crippen LogP contribution >= 0.6 is 27.3 Å². The second-order valence-electron chi connectivity index (χ2n) is 4.82.